The van der Waals surface area contributed by atoms with E-state index in [1.54, 1.807) is 23.9 Å². The zero-order valence-electron chi connectivity index (χ0n) is 12.1. The van der Waals surface area contributed by atoms with E-state index < -0.39 is 0 Å². The Kier molecular flexibility index (Phi) is 4.05. The molecule has 0 aromatic carbocycles. The van der Waals surface area contributed by atoms with Crippen molar-refractivity contribution in [3.8, 4) is 0 Å². The zero-order chi connectivity index (χ0) is 15.5. The molecule has 22 heavy (non-hydrogen) atoms. The first-order valence-electron chi connectivity index (χ1n) is 6.62. The van der Waals surface area contributed by atoms with E-state index in [2.05, 4.69) is 25.5 Å². The van der Waals surface area contributed by atoms with E-state index in [4.69, 9.17) is 4.52 Å². The maximum absolute atomic E-state index is 11.8. The number of nitrogens with zero attached hydrogens (tertiary/aromatic N) is 5. The average molecular weight is 318 g/mol. The zero-order valence-corrected chi connectivity index (χ0v) is 12.9. The van der Waals surface area contributed by atoms with Crippen molar-refractivity contribution < 1.29 is 9.32 Å². The summed E-state index contributed by atoms with van der Waals surface area (Å²) in [7, 11) is 1.83. The average Bonchev–Trinajstić information content (AvgIpc) is 3.06. The van der Waals surface area contributed by atoms with Gasteiger partial charge in [-0.25, -0.2) is 9.97 Å². The van der Waals surface area contributed by atoms with Crippen molar-refractivity contribution in [2.75, 3.05) is 11.1 Å². The smallest absolute Gasteiger partial charge is 0.226 e. The second-order valence-corrected chi connectivity index (χ2v) is 5.74. The fourth-order valence-electron chi connectivity index (χ4n) is 1.93. The first-order chi connectivity index (χ1) is 10.6. The standard InChI is InChI=1S/C13H14N6O2S/c1-8-5-10(18-21-8)17-11(20)3-4-22-13-9-6-16-19(2)12(9)14-7-15-13/h5-7H,3-4H2,1-2H3,(H,17,18,20). The lowest BCUT2D eigenvalue weighted by atomic mass is 10.4. The molecular weight excluding hydrogens is 304 g/mol. The second kappa shape index (κ2) is 6.14. The molecule has 0 aliphatic heterocycles. The summed E-state index contributed by atoms with van der Waals surface area (Å²) in [6, 6.07) is 1.68. The van der Waals surface area contributed by atoms with Crippen LogP contribution >= 0.6 is 11.8 Å². The maximum Gasteiger partial charge on any atom is 0.226 e. The van der Waals surface area contributed by atoms with Gasteiger partial charge in [0.1, 0.15) is 17.1 Å². The third kappa shape index (κ3) is 3.08. The van der Waals surface area contributed by atoms with Gasteiger partial charge in [0, 0.05) is 25.3 Å². The van der Waals surface area contributed by atoms with Crippen molar-refractivity contribution in [3.05, 3.63) is 24.4 Å². The van der Waals surface area contributed by atoms with Crippen molar-refractivity contribution in [3.63, 3.8) is 0 Å². The van der Waals surface area contributed by atoms with E-state index in [0.717, 1.165) is 16.1 Å². The van der Waals surface area contributed by atoms with E-state index in [9.17, 15) is 4.79 Å². The fourth-order valence-corrected chi connectivity index (χ4v) is 2.83. The summed E-state index contributed by atoms with van der Waals surface area (Å²) in [4.78, 5) is 20.2. The Balaban J connectivity index is 1.57. The summed E-state index contributed by atoms with van der Waals surface area (Å²) in [5.41, 5.74) is 0.778. The quantitative estimate of drug-likeness (QED) is 0.565. The summed E-state index contributed by atoms with van der Waals surface area (Å²) in [6.45, 7) is 1.77. The Labute approximate surface area is 130 Å². The molecule has 0 atom stereocenters. The number of carbonyl (C=O) groups is 1. The van der Waals surface area contributed by atoms with E-state index >= 15 is 0 Å². The van der Waals surface area contributed by atoms with Crippen LogP contribution in [0.5, 0.6) is 0 Å². The number of amides is 1. The summed E-state index contributed by atoms with van der Waals surface area (Å²) in [5, 5.41) is 12.3. The number of hydrogen-bond donors (Lipinski definition) is 1. The van der Waals surface area contributed by atoms with Gasteiger partial charge in [0.15, 0.2) is 11.5 Å². The van der Waals surface area contributed by atoms with Crippen LogP contribution in [-0.2, 0) is 11.8 Å². The Morgan fingerprint density at radius 3 is 3.09 bits per heavy atom. The fraction of sp³-hybridized carbons (Fsp3) is 0.308. The van der Waals surface area contributed by atoms with E-state index in [0.29, 0.717) is 23.8 Å². The summed E-state index contributed by atoms with van der Waals surface area (Å²) in [5.74, 6) is 1.58. The van der Waals surface area contributed by atoms with Crippen molar-refractivity contribution in [2.24, 2.45) is 7.05 Å². The van der Waals surface area contributed by atoms with Crippen LogP contribution < -0.4 is 5.32 Å². The molecule has 3 rings (SSSR count). The normalized spacial score (nSPS) is 11.0. The van der Waals surface area contributed by atoms with Gasteiger partial charge in [-0.3, -0.25) is 9.48 Å². The number of aryl methyl sites for hydroxylation is 2. The molecule has 0 saturated carbocycles. The molecule has 0 radical (unpaired) electrons. The molecule has 0 fully saturated rings. The Bertz CT molecular complexity index is 812. The Morgan fingerprint density at radius 1 is 1.45 bits per heavy atom. The summed E-state index contributed by atoms with van der Waals surface area (Å²) in [6.07, 6.45) is 3.59. The number of aromatic nitrogens is 5. The number of hydrogen-bond acceptors (Lipinski definition) is 7. The second-order valence-electron chi connectivity index (χ2n) is 4.65. The van der Waals surface area contributed by atoms with Gasteiger partial charge in [0.25, 0.3) is 0 Å². The minimum absolute atomic E-state index is 0.114. The highest BCUT2D eigenvalue weighted by atomic mass is 32.2. The number of thioether (sulfide) groups is 1. The molecule has 9 heteroatoms. The molecule has 0 unspecified atom stereocenters. The molecule has 3 aromatic rings. The third-order valence-corrected chi connectivity index (χ3v) is 3.96. The van der Waals surface area contributed by atoms with Crippen LogP contribution in [-0.4, -0.2) is 36.6 Å². The number of fused-ring (bicyclic) bond motifs is 1. The highest BCUT2D eigenvalue weighted by Crippen LogP contribution is 2.24. The van der Waals surface area contributed by atoms with Gasteiger partial charge in [-0.15, -0.1) is 11.8 Å². The highest BCUT2D eigenvalue weighted by molar-refractivity contribution is 7.99. The lowest BCUT2D eigenvalue weighted by molar-refractivity contribution is -0.115. The molecule has 0 aliphatic carbocycles. The molecule has 0 saturated heterocycles. The van der Waals surface area contributed by atoms with Crippen LogP contribution in [0, 0.1) is 6.92 Å². The van der Waals surface area contributed by atoms with Gasteiger partial charge >= 0.3 is 0 Å². The van der Waals surface area contributed by atoms with Gasteiger partial charge in [-0.05, 0) is 6.92 Å². The van der Waals surface area contributed by atoms with E-state index in [1.807, 2.05) is 7.05 Å². The summed E-state index contributed by atoms with van der Waals surface area (Å²) >= 11 is 1.50. The van der Waals surface area contributed by atoms with Gasteiger partial charge in [-0.1, -0.05) is 5.16 Å². The van der Waals surface area contributed by atoms with Crippen molar-refractivity contribution >= 4 is 34.5 Å². The number of rotatable bonds is 5. The van der Waals surface area contributed by atoms with Crippen LogP contribution in [0.15, 0.2) is 28.1 Å². The summed E-state index contributed by atoms with van der Waals surface area (Å²) < 4.78 is 6.59. The number of anilines is 1. The molecule has 1 amide bonds. The molecule has 8 nitrogen and oxygen atoms in total. The lowest BCUT2D eigenvalue weighted by Crippen LogP contribution is -2.12. The molecule has 3 heterocycles. The van der Waals surface area contributed by atoms with Crippen LogP contribution in [0.4, 0.5) is 5.82 Å². The first kappa shape index (κ1) is 14.5. The predicted octanol–water partition coefficient (Wildman–Crippen LogP) is 1.78. The van der Waals surface area contributed by atoms with Gasteiger partial charge < -0.3 is 9.84 Å². The maximum atomic E-state index is 11.8. The van der Waals surface area contributed by atoms with Gasteiger partial charge in [-0.2, -0.15) is 5.10 Å². The first-order valence-corrected chi connectivity index (χ1v) is 7.61. The minimum atomic E-state index is -0.114. The molecule has 3 aromatic heterocycles. The molecule has 114 valence electrons. The number of carbonyl (C=O) groups excluding carboxylic acids is 1. The highest BCUT2D eigenvalue weighted by Gasteiger charge is 2.10. The molecule has 0 spiro atoms. The molecular formula is C13H14N6O2S. The van der Waals surface area contributed by atoms with Crippen LogP contribution in [0.3, 0.4) is 0 Å². The molecule has 0 aliphatic rings. The molecule has 1 N–H and O–H groups in total. The minimum Gasteiger partial charge on any atom is -0.360 e. The SMILES string of the molecule is Cc1cc(NC(=O)CCSc2ncnc3c2cnn3C)no1. The van der Waals surface area contributed by atoms with Crippen LogP contribution in [0.1, 0.15) is 12.2 Å². The monoisotopic (exact) mass is 318 g/mol. The predicted molar refractivity (Wildman–Crippen MR) is 81.5 cm³/mol. The van der Waals surface area contributed by atoms with E-state index in [-0.39, 0.29) is 5.91 Å². The third-order valence-electron chi connectivity index (χ3n) is 2.96. The topological polar surface area (TPSA) is 98.7 Å². The van der Waals surface area contributed by atoms with Crippen LogP contribution in [0.25, 0.3) is 11.0 Å². The van der Waals surface area contributed by atoms with Crippen molar-refractivity contribution in [1.82, 2.24) is 24.9 Å². The van der Waals surface area contributed by atoms with Crippen LogP contribution in [0.2, 0.25) is 0 Å². The van der Waals surface area contributed by atoms with Crippen molar-refractivity contribution in [2.45, 2.75) is 18.4 Å². The Morgan fingerprint density at radius 2 is 2.32 bits per heavy atom. The largest absolute Gasteiger partial charge is 0.360 e. The van der Waals surface area contributed by atoms with Gasteiger partial charge in [0.2, 0.25) is 5.91 Å². The Hall–Kier alpha value is -2.42. The van der Waals surface area contributed by atoms with E-state index in [1.165, 1.54) is 18.1 Å². The van der Waals surface area contributed by atoms with Gasteiger partial charge in [0.05, 0.1) is 11.6 Å². The van der Waals surface area contributed by atoms with Crippen molar-refractivity contribution in [1.29, 1.82) is 0 Å². The number of nitrogens with one attached hydrogen (secondary N) is 1. The lowest BCUT2D eigenvalue weighted by Gasteiger charge is -2.02. The molecule has 0 bridgehead atoms.